The predicted molar refractivity (Wildman–Crippen MR) is 76.8 cm³/mol. The minimum absolute atomic E-state index is 0.255. The summed E-state index contributed by atoms with van der Waals surface area (Å²) >= 11 is 0. The molecule has 0 fully saturated rings. The standard InChI is InChI=1S/C17H14FNO/c18-15-6-2-1-4-13(15)11-17(20)14-8-7-12-5-3-9-19-16(12)10-14/h1-10,17,20H,11H2. The summed E-state index contributed by atoms with van der Waals surface area (Å²) in [5.74, 6) is -0.287. The van der Waals surface area contributed by atoms with Crippen molar-refractivity contribution in [3.05, 3.63) is 77.7 Å². The van der Waals surface area contributed by atoms with E-state index >= 15 is 0 Å². The van der Waals surface area contributed by atoms with Crippen LogP contribution in [0.1, 0.15) is 17.2 Å². The summed E-state index contributed by atoms with van der Waals surface area (Å²) < 4.78 is 13.6. The first-order valence-corrected chi connectivity index (χ1v) is 6.50. The number of aliphatic hydroxyl groups is 1. The van der Waals surface area contributed by atoms with Crippen molar-refractivity contribution in [2.45, 2.75) is 12.5 Å². The van der Waals surface area contributed by atoms with Gasteiger partial charge < -0.3 is 5.11 Å². The molecule has 0 radical (unpaired) electrons. The summed E-state index contributed by atoms with van der Waals surface area (Å²) in [4.78, 5) is 4.26. The average Bonchev–Trinajstić information content (AvgIpc) is 2.49. The molecule has 0 aliphatic rings. The Balaban J connectivity index is 1.89. The molecule has 0 spiro atoms. The third-order valence-electron chi connectivity index (χ3n) is 3.39. The molecule has 0 saturated heterocycles. The topological polar surface area (TPSA) is 33.1 Å². The number of pyridine rings is 1. The Morgan fingerprint density at radius 2 is 1.90 bits per heavy atom. The van der Waals surface area contributed by atoms with Crippen molar-refractivity contribution in [2.75, 3.05) is 0 Å². The largest absolute Gasteiger partial charge is 0.388 e. The predicted octanol–water partition coefficient (Wildman–Crippen LogP) is 3.65. The minimum Gasteiger partial charge on any atom is -0.388 e. The van der Waals surface area contributed by atoms with Gasteiger partial charge in [-0.15, -0.1) is 0 Å². The lowest BCUT2D eigenvalue weighted by atomic mass is 10.00. The maximum atomic E-state index is 13.6. The summed E-state index contributed by atoms with van der Waals surface area (Å²) in [7, 11) is 0. The molecule has 1 N–H and O–H groups in total. The van der Waals surface area contributed by atoms with Gasteiger partial charge in [0.1, 0.15) is 5.82 Å². The second kappa shape index (κ2) is 5.39. The van der Waals surface area contributed by atoms with Crippen LogP contribution in [0.5, 0.6) is 0 Å². The van der Waals surface area contributed by atoms with Crippen molar-refractivity contribution >= 4 is 10.9 Å². The van der Waals surface area contributed by atoms with Gasteiger partial charge in [0.2, 0.25) is 0 Å². The van der Waals surface area contributed by atoms with E-state index in [1.165, 1.54) is 6.07 Å². The Kier molecular flexibility index (Phi) is 3.44. The van der Waals surface area contributed by atoms with Crippen LogP contribution in [0, 0.1) is 5.82 Å². The molecule has 2 nitrogen and oxygen atoms in total. The van der Waals surface area contributed by atoms with Crippen LogP contribution in [0.15, 0.2) is 60.8 Å². The number of hydrogen-bond donors (Lipinski definition) is 1. The van der Waals surface area contributed by atoms with Crippen molar-refractivity contribution in [1.29, 1.82) is 0 Å². The molecule has 0 saturated carbocycles. The van der Waals surface area contributed by atoms with Crippen molar-refractivity contribution in [3.8, 4) is 0 Å². The number of aliphatic hydroxyl groups excluding tert-OH is 1. The van der Waals surface area contributed by atoms with Gasteiger partial charge in [0, 0.05) is 18.0 Å². The third kappa shape index (κ3) is 2.53. The number of nitrogens with zero attached hydrogens (tertiary/aromatic N) is 1. The first-order valence-electron chi connectivity index (χ1n) is 6.50. The molecule has 1 aromatic heterocycles. The van der Waals surface area contributed by atoms with Gasteiger partial charge >= 0.3 is 0 Å². The van der Waals surface area contributed by atoms with Crippen LogP contribution in [0.4, 0.5) is 4.39 Å². The van der Waals surface area contributed by atoms with E-state index in [1.807, 2.05) is 30.3 Å². The molecule has 0 bridgehead atoms. The molecular weight excluding hydrogens is 253 g/mol. The van der Waals surface area contributed by atoms with Gasteiger partial charge in [-0.2, -0.15) is 0 Å². The number of benzene rings is 2. The van der Waals surface area contributed by atoms with Gasteiger partial charge in [0.05, 0.1) is 11.6 Å². The summed E-state index contributed by atoms with van der Waals surface area (Å²) in [6, 6.07) is 16.0. The fourth-order valence-corrected chi connectivity index (χ4v) is 2.28. The summed E-state index contributed by atoms with van der Waals surface area (Å²) in [6.45, 7) is 0. The molecule has 0 aliphatic heterocycles. The summed E-state index contributed by atoms with van der Waals surface area (Å²) in [6.07, 6.45) is 1.23. The zero-order valence-electron chi connectivity index (χ0n) is 10.8. The lowest BCUT2D eigenvalue weighted by Gasteiger charge is -2.12. The van der Waals surface area contributed by atoms with Crippen LogP contribution in [-0.4, -0.2) is 10.1 Å². The Hall–Kier alpha value is -2.26. The zero-order chi connectivity index (χ0) is 13.9. The van der Waals surface area contributed by atoms with Crippen molar-refractivity contribution < 1.29 is 9.50 Å². The van der Waals surface area contributed by atoms with Crippen molar-refractivity contribution in [2.24, 2.45) is 0 Å². The normalized spacial score (nSPS) is 12.5. The van der Waals surface area contributed by atoms with Crippen LogP contribution < -0.4 is 0 Å². The molecule has 3 rings (SSSR count). The second-order valence-electron chi connectivity index (χ2n) is 4.77. The smallest absolute Gasteiger partial charge is 0.126 e. The van der Waals surface area contributed by atoms with E-state index in [0.717, 1.165) is 16.5 Å². The molecule has 0 aliphatic carbocycles. The Morgan fingerprint density at radius 3 is 2.75 bits per heavy atom. The third-order valence-corrected chi connectivity index (χ3v) is 3.39. The molecule has 2 aromatic carbocycles. The van der Waals surface area contributed by atoms with Gasteiger partial charge in [0.15, 0.2) is 0 Å². The first kappa shape index (κ1) is 12.8. The maximum Gasteiger partial charge on any atom is 0.126 e. The Morgan fingerprint density at radius 1 is 1.05 bits per heavy atom. The number of hydrogen-bond acceptors (Lipinski definition) is 2. The van der Waals surface area contributed by atoms with Crippen LogP contribution in [0.3, 0.4) is 0 Å². The first-order chi connectivity index (χ1) is 9.74. The molecular formula is C17H14FNO. The van der Waals surface area contributed by atoms with Gasteiger partial charge in [-0.1, -0.05) is 36.4 Å². The lowest BCUT2D eigenvalue weighted by Crippen LogP contribution is -2.03. The fourth-order valence-electron chi connectivity index (χ4n) is 2.28. The SMILES string of the molecule is OC(Cc1ccccc1F)c1ccc2cccnc2c1. The number of fused-ring (bicyclic) bond motifs is 1. The van der Waals surface area contributed by atoms with Gasteiger partial charge in [0.25, 0.3) is 0 Å². The minimum atomic E-state index is -0.738. The second-order valence-corrected chi connectivity index (χ2v) is 4.77. The highest BCUT2D eigenvalue weighted by Crippen LogP contribution is 2.23. The maximum absolute atomic E-state index is 13.6. The monoisotopic (exact) mass is 267 g/mol. The Bertz CT molecular complexity index is 742. The quantitative estimate of drug-likeness (QED) is 0.785. The zero-order valence-corrected chi connectivity index (χ0v) is 10.8. The van der Waals surface area contributed by atoms with Gasteiger partial charge in [-0.3, -0.25) is 4.98 Å². The van der Waals surface area contributed by atoms with Crippen molar-refractivity contribution in [3.63, 3.8) is 0 Å². The molecule has 3 heteroatoms. The molecule has 1 heterocycles. The van der Waals surface area contributed by atoms with E-state index < -0.39 is 6.10 Å². The molecule has 0 amide bonds. The van der Waals surface area contributed by atoms with Crippen LogP contribution in [-0.2, 0) is 6.42 Å². The van der Waals surface area contributed by atoms with Crippen LogP contribution in [0.25, 0.3) is 10.9 Å². The molecule has 20 heavy (non-hydrogen) atoms. The van der Waals surface area contributed by atoms with E-state index in [9.17, 15) is 9.50 Å². The molecule has 100 valence electrons. The van der Waals surface area contributed by atoms with Gasteiger partial charge in [-0.25, -0.2) is 4.39 Å². The lowest BCUT2D eigenvalue weighted by molar-refractivity contribution is 0.177. The average molecular weight is 267 g/mol. The van der Waals surface area contributed by atoms with E-state index in [0.29, 0.717) is 5.56 Å². The van der Waals surface area contributed by atoms with Crippen LogP contribution in [0.2, 0.25) is 0 Å². The molecule has 1 atom stereocenters. The summed E-state index contributed by atoms with van der Waals surface area (Å²) in [5.41, 5.74) is 2.10. The van der Waals surface area contributed by atoms with E-state index in [2.05, 4.69) is 4.98 Å². The fraction of sp³-hybridized carbons (Fsp3) is 0.118. The van der Waals surface area contributed by atoms with Gasteiger partial charge in [-0.05, 0) is 29.3 Å². The highest BCUT2D eigenvalue weighted by molar-refractivity contribution is 5.78. The van der Waals surface area contributed by atoms with Crippen LogP contribution >= 0.6 is 0 Å². The summed E-state index contributed by atoms with van der Waals surface area (Å²) in [5, 5.41) is 11.3. The number of halogens is 1. The molecule has 1 unspecified atom stereocenters. The van der Waals surface area contributed by atoms with E-state index in [1.54, 1.807) is 24.4 Å². The highest BCUT2D eigenvalue weighted by Gasteiger charge is 2.12. The van der Waals surface area contributed by atoms with E-state index in [-0.39, 0.29) is 12.2 Å². The molecule has 3 aromatic rings. The van der Waals surface area contributed by atoms with E-state index in [4.69, 9.17) is 0 Å². The number of aromatic nitrogens is 1. The number of rotatable bonds is 3. The Labute approximate surface area is 116 Å². The van der Waals surface area contributed by atoms with Crippen molar-refractivity contribution in [1.82, 2.24) is 4.98 Å². The highest BCUT2D eigenvalue weighted by atomic mass is 19.1.